The highest BCUT2D eigenvalue weighted by molar-refractivity contribution is 7.09. The van der Waals surface area contributed by atoms with Gasteiger partial charge in [0.15, 0.2) is 0 Å². The van der Waals surface area contributed by atoms with E-state index in [1.54, 1.807) is 17.5 Å². The van der Waals surface area contributed by atoms with E-state index in [1.165, 1.54) is 12.8 Å². The topological polar surface area (TPSA) is 56.0 Å². The van der Waals surface area contributed by atoms with E-state index in [0.717, 1.165) is 17.8 Å². The number of carbonyl (C=O) groups is 1. The molecule has 1 aliphatic rings. The highest BCUT2D eigenvalue weighted by atomic mass is 32.1. The van der Waals surface area contributed by atoms with Crippen LogP contribution in [0.3, 0.4) is 0 Å². The molecule has 16 heavy (non-hydrogen) atoms. The summed E-state index contributed by atoms with van der Waals surface area (Å²) in [6.07, 6.45) is 6.79. The molecule has 1 aliphatic carbocycles. The maximum atomic E-state index is 12.1. The summed E-state index contributed by atoms with van der Waals surface area (Å²) >= 11 is 1.56. The van der Waals surface area contributed by atoms with Crippen LogP contribution >= 0.6 is 11.3 Å². The number of nitrogens with two attached hydrogens (primary N) is 1. The second-order valence-corrected chi connectivity index (χ2v) is 5.43. The number of nitrogens with zero attached hydrogens (tertiary/aromatic N) is 1. The molecule has 1 aromatic rings. The van der Waals surface area contributed by atoms with Gasteiger partial charge in [-0.05, 0) is 25.3 Å². The van der Waals surface area contributed by atoms with Gasteiger partial charge in [-0.15, -0.1) is 11.3 Å². The number of carbonyl (C=O) groups excluding carboxylic acids is 1. The molecule has 1 heterocycles. The first-order valence-electron chi connectivity index (χ1n) is 5.92. The fourth-order valence-corrected chi connectivity index (χ4v) is 3.16. The Balaban J connectivity index is 1.97. The minimum atomic E-state index is 0.183. The van der Waals surface area contributed by atoms with E-state index in [2.05, 4.69) is 4.98 Å². The van der Waals surface area contributed by atoms with Crippen LogP contribution in [0.4, 0.5) is 0 Å². The average molecular weight is 238 g/mol. The number of hydrogen-bond acceptors (Lipinski definition) is 4. The Morgan fingerprint density at radius 1 is 1.50 bits per heavy atom. The molecule has 4 heteroatoms. The molecule has 0 radical (unpaired) electrons. The monoisotopic (exact) mass is 238 g/mol. The van der Waals surface area contributed by atoms with E-state index in [0.29, 0.717) is 24.7 Å². The molecule has 1 aromatic heterocycles. The summed E-state index contributed by atoms with van der Waals surface area (Å²) in [7, 11) is 0. The van der Waals surface area contributed by atoms with Gasteiger partial charge in [-0.1, -0.05) is 12.8 Å². The number of hydrogen-bond donors (Lipinski definition) is 1. The Kier molecular flexibility index (Phi) is 4.07. The molecule has 0 saturated heterocycles. The molecule has 2 unspecified atom stereocenters. The Hall–Kier alpha value is -0.740. The SMILES string of the molecule is NCC1CCCCC1C(=O)Cc1nccs1. The number of ketones is 1. The molecule has 0 amide bonds. The molecule has 0 spiro atoms. The van der Waals surface area contributed by atoms with Crippen molar-refractivity contribution in [1.82, 2.24) is 4.98 Å². The van der Waals surface area contributed by atoms with Crippen molar-refractivity contribution in [3.8, 4) is 0 Å². The van der Waals surface area contributed by atoms with Crippen molar-refractivity contribution in [1.29, 1.82) is 0 Å². The normalized spacial score (nSPS) is 25.6. The number of aromatic nitrogens is 1. The van der Waals surface area contributed by atoms with Crippen molar-refractivity contribution >= 4 is 17.1 Å². The molecule has 0 aliphatic heterocycles. The minimum Gasteiger partial charge on any atom is -0.330 e. The van der Waals surface area contributed by atoms with Gasteiger partial charge < -0.3 is 5.73 Å². The van der Waals surface area contributed by atoms with Gasteiger partial charge in [-0.2, -0.15) is 0 Å². The number of rotatable bonds is 4. The van der Waals surface area contributed by atoms with Gasteiger partial charge >= 0.3 is 0 Å². The molecule has 2 N–H and O–H groups in total. The Bertz CT molecular complexity index is 337. The maximum absolute atomic E-state index is 12.1. The standard InChI is InChI=1S/C12H18N2OS/c13-8-9-3-1-2-4-10(9)11(15)7-12-14-5-6-16-12/h5-6,9-10H,1-4,7-8,13H2. The van der Waals surface area contributed by atoms with Gasteiger partial charge in [0.25, 0.3) is 0 Å². The Labute approximate surface area is 100 Å². The van der Waals surface area contributed by atoms with Crippen molar-refractivity contribution < 1.29 is 4.79 Å². The third-order valence-corrected chi connectivity index (χ3v) is 4.21. The third kappa shape index (κ3) is 2.68. The molecule has 0 aromatic carbocycles. The van der Waals surface area contributed by atoms with Crippen molar-refractivity contribution in [2.75, 3.05) is 6.54 Å². The molecule has 2 rings (SSSR count). The van der Waals surface area contributed by atoms with Crippen LogP contribution in [0.1, 0.15) is 30.7 Å². The van der Waals surface area contributed by atoms with Crippen LogP contribution in [-0.2, 0) is 11.2 Å². The van der Waals surface area contributed by atoms with Crippen molar-refractivity contribution in [2.24, 2.45) is 17.6 Å². The summed E-state index contributed by atoms with van der Waals surface area (Å²) in [5.41, 5.74) is 5.74. The van der Waals surface area contributed by atoms with Gasteiger partial charge in [-0.3, -0.25) is 4.79 Å². The van der Waals surface area contributed by atoms with E-state index < -0.39 is 0 Å². The zero-order chi connectivity index (χ0) is 11.4. The fraction of sp³-hybridized carbons (Fsp3) is 0.667. The molecular weight excluding hydrogens is 220 g/mol. The lowest BCUT2D eigenvalue weighted by molar-refractivity contribution is -0.124. The highest BCUT2D eigenvalue weighted by Gasteiger charge is 2.29. The molecular formula is C12H18N2OS. The van der Waals surface area contributed by atoms with Crippen LogP contribution in [0, 0.1) is 11.8 Å². The van der Waals surface area contributed by atoms with Crippen LogP contribution < -0.4 is 5.73 Å². The lowest BCUT2D eigenvalue weighted by Crippen LogP contribution is -2.33. The van der Waals surface area contributed by atoms with Gasteiger partial charge in [0.2, 0.25) is 0 Å². The van der Waals surface area contributed by atoms with E-state index in [1.807, 2.05) is 5.38 Å². The summed E-state index contributed by atoms with van der Waals surface area (Å²) in [4.78, 5) is 16.3. The van der Waals surface area contributed by atoms with Crippen LogP contribution in [-0.4, -0.2) is 17.3 Å². The van der Waals surface area contributed by atoms with Crippen LogP contribution in [0.2, 0.25) is 0 Å². The summed E-state index contributed by atoms with van der Waals surface area (Å²) in [6, 6.07) is 0. The summed E-state index contributed by atoms with van der Waals surface area (Å²) in [6.45, 7) is 0.647. The molecule has 3 nitrogen and oxygen atoms in total. The van der Waals surface area contributed by atoms with Crippen LogP contribution in [0.25, 0.3) is 0 Å². The molecule has 1 fully saturated rings. The predicted octanol–water partition coefficient (Wildman–Crippen LogP) is 2.02. The van der Waals surface area contributed by atoms with Crippen LogP contribution in [0.5, 0.6) is 0 Å². The van der Waals surface area contributed by atoms with E-state index >= 15 is 0 Å². The van der Waals surface area contributed by atoms with E-state index in [4.69, 9.17) is 5.73 Å². The van der Waals surface area contributed by atoms with E-state index in [9.17, 15) is 4.79 Å². The zero-order valence-electron chi connectivity index (χ0n) is 9.39. The van der Waals surface area contributed by atoms with Gasteiger partial charge in [0.1, 0.15) is 5.78 Å². The molecule has 1 saturated carbocycles. The summed E-state index contributed by atoms with van der Waals surface area (Å²) in [5, 5.41) is 2.86. The fourth-order valence-electron chi connectivity index (χ4n) is 2.53. The first kappa shape index (κ1) is 11.7. The second kappa shape index (κ2) is 5.55. The largest absolute Gasteiger partial charge is 0.330 e. The molecule has 88 valence electrons. The summed E-state index contributed by atoms with van der Waals surface area (Å²) in [5.74, 6) is 0.925. The Morgan fingerprint density at radius 2 is 2.31 bits per heavy atom. The van der Waals surface area contributed by atoms with Gasteiger partial charge in [0.05, 0.1) is 11.4 Å². The second-order valence-electron chi connectivity index (χ2n) is 4.46. The minimum absolute atomic E-state index is 0.183. The smallest absolute Gasteiger partial charge is 0.143 e. The third-order valence-electron chi connectivity index (χ3n) is 3.43. The van der Waals surface area contributed by atoms with Gasteiger partial charge in [0, 0.05) is 17.5 Å². The Morgan fingerprint density at radius 3 is 3.00 bits per heavy atom. The number of Topliss-reactive ketones (excluding diaryl/α,β-unsaturated/α-hetero) is 1. The van der Waals surface area contributed by atoms with Crippen LogP contribution in [0.15, 0.2) is 11.6 Å². The van der Waals surface area contributed by atoms with Crippen molar-refractivity contribution in [2.45, 2.75) is 32.1 Å². The first-order chi connectivity index (χ1) is 7.81. The highest BCUT2D eigenvalue weighted by Crippen LogP contribution is 2.30. The quantitative estimate of drug-likeness (QED) is 0.873. The maximum Gasteiger partial charge on any atom is 0.143 e. The van der Waals surface area contributed by atoms with Gasteiger partial charge in [-0.25, -0.2) is 4.98 Å². The van der Waals surface area contributed by atoms with Crippen molar-refractivity contribution in [3.05, 3.63) is 16.6 Å². The van der Waals surface area contributed by atoms with Crippen molar-refractivity contribution in [3.63, 3.8) is 0 Å². The molecule has 0 bridgehead atoms. The predicted molar refractivity (Wildman–Crippen MR) is 65.3 cm³/mol. The number of thiazole rings is 1. The zero-order valence-corrected chi connectivity index (χ0v) is 10.2. The summed E-state index contributed by atoms with van der Waals surface area (Å²) < 4.78 is 0. The lowest BCUT2D eigenvalue weighted by atomic mass is 9.76. The average Bonchev–Trinajstić information content (AvgIpc) is 2.81. The lowest BCUT2D eigenvalue weighted by Gasteiger charge is -2.29. The first-order valence-corrected chi connectivity index (χ1v) is 6.80. The van der Waals surface area contributed by atoms with E-state index in [-0.39, 0.29) is 5.92 Å². The molecule has 2 atom stereocenters.